The largest absolute Gasteiger partial charge is 0.871 e. The van der Waals surface area contributed by atoms with Gasteiger partial charge in [0.15, 0.2) is 0 Å². The van der Waals surface area contributed by atoms with E-state index in [4.69, 9.17) is 16.3 Å². The van der Waals surface area contributed by atoms with E-state index in [9.17, 15) is 10.0 Å². The molecule has 0 heterocycles. The van der Waals surface area contributed by atoms with Crippen molar-refractivity contribution in [3.05, 3.63) is 155 Å². The van der Waals surface area contributed by atoms with E-state index in [0.29, 0.717) is 11.4 Å². The Morgan fingerprint density at radius 3 is 1.06 bits per heavy atom. The molecule has 0 N–H and O–H groups in total. The molecule has 5 aromatic rings. The van der Waals surface area contributed by atoms with E-state index >= 15 is 0 Å². The summed E-state index contributed by atoms with van der Waals surface area (Å²) in [7, 11) is 7.13. The summed E-state index contributed by atoms with van der Waals surface area (Å²) in [5.74, 6) is 0. The lowest BCUT2D eigenvalue weighted by Crippen LogP contribution is -2.48. The predicted octanol–water partition coefficient (Wildman–Crippen LogP) is 20.8. The number of nitrogens with zero attached hydrogens (tertiary/aromatic N) is 2. The first-order valence-corrected chi connectivity index (χ1v) is 33.8. The fourth-order valence-corrected chi connectivity index (χ4v) is 12.0. The van der Waals surface area contributed by atoms with Gasteiger partial charge in [0.2, 0.25) is 0 Å². The molecule has 0 aliphatic heterocycles. The average molecular weight is 1140 g/mol. The first-order valence-electron chi connectivity index (χ1n) is 33.4. The molecule has 0 saturated heterocycles. The highest BCUT2D eigenvalue weighted by molar-refractivity contribution is 6.35. The van der Waals surface area contributed by atoms with Gasteiger partial charge < -0.3 is 23.7 Å². The maximum atomic E-state index is 11.5. The maximum Gasteiger partial charge on any atom is 0.104 e. The number of unbranched alkanes of at least 4 members (excludes halogenated alkanes) is 28. The lowest BCUT2D eigenvalue weighted by molar-refractivity contribution is -0.903. The second kappa shape index (κ2) is 45.6. The third kappa shape index (κ3) is 33.7. The summed E-state index contributed by atoms with van der Waals surface area (Å²) < 4.78 is 7.59. The molecule has 456 valence electrons. The van der Waals surface area contributed by atoms with Crippen LogP contribution in [0.4, 0.5) is 0 Å². The van der Waals surface area contributed by atoms with Gasteiger partial charge in [0.25, 0.3) is 0 Å². The van der Waals surface area contributed by atoms with E-state index in [-0.39, 0.29) is 0 Å². The molecule has 7 heteroatoms. The molecule has 0 amide bonds. The minimum Gasteiger partial charge on any atom is -0.871 e. The number of rotatable bonds is 43. The Balaban J connectivity index is 0.000000324. The Labute approximate surface area is 510 Å². The number of hydrogen-bond acceptors (Lipinski definition) is 3. The molecule has 0 bridgehead atoms. The van der Waals surface area contributed by atoms with E-state index in [0.717, 1.165) is 74.7 Å². The first-order chi connectivity index (χ1) is 39.8. The van der Waals surface area contributed by atoms with Crippen LogP contribution in [0.25, 0.3) is 22.3 Å². The lowest BCUT2D eigenvalue weighted by Gasteiger charge is -2.34. The van der Waals surface area contributed by atoms with Crippen molar-refractivity contribution in [1.82, 2.24) is 0 Å². The second-order valence-corrected chi connectivity index (χ2v) is 25.6. The Morgan fingerprint density at radius 1 is 0.415 bits per heavy atom. The number of hydrogen-bond donors (Lipinski definition) is 0. The molecule has 1 atom stereocenters. The first kappa shape index (κ1) is 72.5. The van der Waals surface area contributed by atoms with Crippen molar-refractivity contribution in [2.24, 2.45) is 0 Å². The van der Waals surface area contributed by atoms with Crippen LogP contribution in [0.3, 0.4) is 0 Å². The van der Waals surface area contributed by atoms with Crippen LogP contribution < -0.4 is 10.0 Å². The zero-order valence-corrected chi connectivity index (χ0v) is 54.5. The Morgan fingerprint density at radius 2 is 0.720 bits per heavy atom. The van der Waals surface area contributed by atoms with Crippen LogP contribution in [0.5, 0.6) is 0 Å². The minimum atomic E-state index is -2.35. The molecule has 0 saturated carbocycles. The number of halogens is 1. The van der Waals surface area contributed by atoms with Gasteiger partial charge in [-0.25, -0.2) is 0 Å². The van der Waals surface area contributed by atoms with Crippen LogP contribution in [-0.2, 0) is 17.7 Å². The maximum absolute atomic E-state index is 11.5. The Bertz CT molecular complexity index is 2180. The summed E-state index contributed by atoms with van der Waals surface area (Å²) in [6, 6.07) is 43.7. The zero-order valence-electron chi connectivity index (χ0n) is 53.7. The molecule has 0 spiro atoms. The fourth-order valence-electron chi connectivity index (χ4n) is 11.6. The topological polar surface area (TPSA) is 55.3 Å². The molecule has 5 nitrogen and oxygen atoms in total. The van der Waals surface area contributed by atoms with Crippen molar-refractivity contribution in [2.75, 3.05) is 41.3 Å². The SMILES string of the molecule is CCCCCC(OB([O-])[O-])c1cc(-c2ccccc2)c(C)c(Cl)c1-c1ccccc1.CCCCCCCCCCCCCCCC[N+](C)(C)Cc1ccccc1.CCCCCCCCCCCCCCCC[N+](C)(C)Cc1ccccc1. The van der Waals surface area contributed by atoms with Crippen LogP contribution in [0.1, 0.15) is 255 Å². The van der Waals surface area contributed by atoms with Crippen LogP contribution in [0.15, 0.2) is 127 Å². The van der Waals surface area contributed by atoms with E-state index in [1.807, 2.05) is 73.7 Å². The Kier molecular flexibility index (Phi) is 40.3. The van der Waals surface area contributed by atoms with Crippen LogP contribution >= 0.6 is 11.6 Å². The number of quaternary nitrogens is 2. The van der Waals surface area contributed by atoms with Crippen molar-refractivity contribution >= 4 is 18.9 Å². The summed E-state index contributed by atoms with van der Waals surface area (Å²) in [5.41, 5.74) is 8.46. The molecule has 0 aliphatic rings. The van der Waals surface area contributed by atoms with Gasteiger partial charge in [0.05, 0.1) is 59.7 Å². The van der Waals surface area contributed by atoms with E-state index in [1.54, 1.807) is 0 Å². The van der Waals surface area contributed by atoms with E-state index in [1.165, 1.54) is 204 Å². The normalized spacial score (nSPS) is 11.9. The van der Waals surface area contributed by atoms with Gasteiger partial charge in [0.1, 0.15) is 13.1 Å². The van der Waals surface area contributed by atoms with Crippen LogP contribution in [0, 0.1) is 6.92 Å². The summed E-state index contributed by atoms with van der Waals surface area (Å²) in [5, 5.41) is 23.6. The predicted molar refractivity (Wildman–Crippen MR) is 356 cm³/mol. The van der Waals surface area contributed by atoms with Crippen LogP contribution in [0.2, 0.25) is 5.02 Å². The number of benzene rings is 5. The van der Waals surface area contributed by atoms with Crippen molar-refractivity contribution < 1.29 is 23.7 Å². The highest BCUT2D eigenvalue weighted by Gasteiger charge is 2.23. The van der Waals surface area contributed by atoms with Gasteiger partial charge in [-0.2, -0.15) is 0 Å². The molecular formula is C75H118BClN2O3. The second-order valence-electron chi connectivity index (χ2n) is 25.3. The van der Waals surface area contributed by atoms with Crippen molar-refractivity contribution in [3.8, 4) is 22.3 Å². The van der Waals surface area contributed by atoms with Crippen molar-refractivity contribution in [1.29, 1.82) is 0 Å². The Hall–Kier alpha value is -3.75. The van der Waals surface area contributed by atoms with Crippen molar-refractivity contribution in [3.63, 3.8) is 0 Å². The zero-order chi connectivity index (χ0) is 59.4. The summed E-state index contributed by atoms with van der Waals surface area (Å²) in [4.78, 5) is 0. The third-order valence-corrected chi connectivity index (χ3v) is 17.0. The molecule has 5 aromatic carbocycles. The highest BCUT2D eigenvalue weighted by atomic mass is 35.5. The molecule has 0 aliphatic carbocycles. The van der Waals surface area contributed by atoms with Gasteiger partial charge in [-0.3, -0.25) is 0 Å². The molecule has 1 unspecified atom stereocenters. The van der Waals surface area contributed by atoms with Gasteiger partial charge in [-0.1, -0.05) is 327 Å². The molecule has 5 rings (SSSR count). The molecular weight excluding hydrogens is 1020 g/mol. The quantitative estimate of drug-likeness (QED) is 0.0222. The van der Waals surface area contributed by atoms with Gasteiger partial charge >= 0.3 is 0 Å². The molecule has 82 heavy (non-hydrogen) atoms. The van der Waals surface area contributed by atoms with Gasteiger partial charge in [-0.05, 0) is 72.9 Å². The van der Waals surface area contributed by atoms with Crippen molar-refractivity contribution in [2.45, 2.75) is 252 Å². The highest BCUT2D eigenvalue weighted by Crippen LogP contribution is 2.43. The van der Waals surface area contributed by atoms with E-state index < -0.39 is 13.4 Å². The average Bonchev–Trinajstić information content (AvgIpc) is 3.64. The fraction of sp³-hybridized carbons (Fsp3) is 0.600. The monoisotopic (exact) mass is 1140 g/mol. The molecule has 0 aromatic heterocycles. The van der Waals surface area contributed by atoms with Gasteiger partial charge in [0, 0.05) is 16.7 Å². The van der Waals surface area contributed by atoms with Crippen LogP contribution in [-0.4, -0.2) is 57.6 Å². The van der Waals surface area contributed by atoms with Gasteiger partial charge in [-0.15, -0.1) is 0 Å². The standard InChI is InChI=1S/C25H26BClO3.2C25H46N/c1-3-4-7-16-23(30-26(28)29)22-17-21(19-12-8-5-9-13-19)18(2)25(27)24(22)20-14-10-6-11-15-20;2*1-4-5-6-7-8-9-10-11-12-13-14-15-16-20-23-26(2,3)24-25-21-18-17-19-22-25/h5-6,8-15,17,23H,3-4,7,16H2,1-2H3;2*17-19,21-22H,4-16,20,23-24H2,1-3H3/q-2;2*+1. The molecule has 0 radical (unpaired) electrons. The summed E-state index contributed by atoms with van der Waals surface area (Å²) in [6.45, 7) is 13.6. The smallest absolute Gasteiger partial charge is 0.104 e. The van der Waals surface area contributed by atoms with E-state index in [2.05, 4.69) is 110 Å². The summed E-state index contributed by atoms with van der Waals surface area (Å²) >= 11 is 6.92. The summed E-state index contributed by atoms with van der Waals surface area (Å²) in [6.07, 6.45) is 43.3. The molecule has 0 fully saturated rings. The minimum absolute atomic E-state index is 0.599. The third-order valence-electron chi connectivity index (χ3n) is 16.5. The lowest BCUT2D eigenvalue weighted by atomic mass is 9.87.